The van der Waals surface area contributed by atoms with Crippen LogP contribution in [0.4, 0.5) is 0 Å². The van der Waals surface area contributed by atoms with Crippen molar-refractivity contribution in [1.82, 2.24) is 0 Å². The predicted molar refractivity (Wildman–Crippen MR) is 55.3 cm³/mol. The summed E-state index contributed by atoms with van der Waals surface area (Å²) in [6.07, 6.45) is 3.94. The first-order valence-corrected chi connectivity index (χ1v) is 5.62. The van der Waals surface area contributed by atoms with E-state index in [1.54, 1.807) is 11.8 Å². The van der Waals surface area contributed by atoms with Gasteiger partial charge in [-0.05, 0) is 0 Å². The second-order valence-electron chi connectivity index (χ2n) is 3.55. The molecule has 0 aromatic rings. The van der Waals surface area contributed by atoms with Gasteiger partial charge in [-0.15, -0.1) is 11.8 Å². The molecule has 0 saturated carbocycles. The quantitative estimate of drug-likeness (QED) is 0.512. The van der Waals surface area contributed by atoms with Crippen molar-refractivity contribution in [3.63, 3.8) is 0 Å². The summed E-state index contributed by atoms with van der Waals surface area (Å²) in [4.78, 5) is 23.1. The highest BCUT2D eigenvalue weighted by molar-refractivity contribution is 8.01. The first-order valence-electron chi connectivity index (χ1n) is 4.68. The second kappa shape index (κ2) is 3.89. The van der Waals surface area contributed by atoms with Gasteiger partial charge < -0.3 is 9.47 Å². The number of thioether (sulfide) groups is 1. The number of hydrogen-bond acceptors (Lipinski definition) is 5. The molecule has 4 atom stereocenters. The highest BCUT2D eigenvalue weighted by Crippen LogP contribution is 2.49. The smallest absolute Gasteiger partial charge is 0.311 e. The minimum absolute atomic E-state index is 0.0616. The third kappa shape index (κ3) is 1.55. The van der Waals surface area contributed by atoms with Crippen molar-refractivity contribution < 1.29 is 19.1 Å². The number of carbonyl (C=O) groups excluding carboxylic acids is 2. The van der Waals surface area contributed by atoms with Crippen LogP contribution in [-0.2, 0) is 19.1 Å². The monoisotopic (exact) mass is 228 g/mol. The fourth-order valence-electron chi connectivity index (χ4n) is 2.14. The lowest BCUT2D eigenvalue weighted by atomic mass is 9.83. The van der Waals surface area contributed by atoms with Gasteiger partial charge in [-0.1, -0.05) is 12.2 Å². The Labute approximate surface area is 92.0 Å². The third-order valence-corrected chi connectivity index (χ3v) is 4.38. The van der Waals surface area contributed by atoms with Gasteiger partial charge in [0.25, 0.3) is 0 Å². The minimum atomic E-state index is -0.387. The zero-order valence-electron chi connectivity index (χ0n) is 8.51. The Kier molecular flexibility index (Phi) is 2.73. The van der Waals surface area contributed by atoms with E-state index in [-0.39, 0.29) is 34.3 Å². The van der Waals surface area contributed by atoms with Gasteiger partial charge in [-0.25, -0.2) is 0 Å². The summed E-state index contributed by atoms with van der Waals surface area (Å²) in [5, 5.41) is 0.123. The SMILES string of the molecule is COC(=O)C1C(C(=O)OC)[C@H]2C=C[C@@H]1S2. The molecule has 0 N–H and O–H groups in total. The molecule has 2 aliphatic heterocycles. The second-order valence-corrected chi connectivity index (χ2v) is 4.91. The van der Waals surface area contributed by atoms with E-state index in [1.165, 1.54) is 14.2 Å². The van der Waals surface area contributed by atoms with Crippen molar-refractivity contribution in [2.24, 2.45) is 11.8 Å². The van der Waals surface area contributed by atoms with Crippen LogP contribution in [0.15, 0.2) is 12.2 Å². The highest BCUT2D eigenvalue weighted by Gasteiger charge is 2.53. The van der Waals surface area contributed by atoms with E-state index >= 15 is 0 Å². The average Bonchev–Trinajstić information content (AvgIpc) is 2.86. The van der Waals surface area contributed by atoms with E-state index in [0.717, 1.165) is 0 Å². The number of hydrogen-bond donors (Lipinski definition) is 0. The van der Waals surface area contributed by atoms with Crippen molar-refractivity contribution in [3.8, 4) is 0 Å². The fourth-order valence-corrected chi connectivity index (χ4v) is 3.77. The lowest BCUT2D eigenvalue weighted by Gasteiger charge is -2.22. The van der Waals surface area contributed by atoms with Gasteiger partial charge in [0, 0.05) is 10.5 Å². The van der Waals surface area contributed by atoms with E-state index < -0.39 is 0 Å². The summed E-state index contributed by atoms with van der Waals surface area (Å²) < 4.78 is 9.44. The minimum Gasteiger partial charge on any atom is -0.469 e. The number of ether oxygens (including phenoxy) is 2. The van der Waals surface area contributed by atoms with Crippen LogP contribution in [-0.4, -0.2) is 36.7 Å². The zero-order valence-corrected chi connectivity index (χ0v) is 9.32. The van der Waals surface area contributed by atoms with Gasteiger partial charge in [0.15, 0.2) is 0 Å². The summed E-state index contributed by atoms with van der Waals surface area (Å²) in [6, 6.07) is 0. The molecule has 0 aromatic heterocycles. The first kappa shape index (κ1) is 10.5. The number of methoxy groups -OCH3 is 2. The van der Waals surface area contributed by atoms with Crippen molar-refractivity contribution in [3.05, 3.63) is 12.2 Å². The molecule has 2 unspecified atom stereocenters. The molecule has 2 aliphatic rings. The van der Waals surface area contributed by atoms with Gasteiger partial charge in [-0.2, -0.15) is 0 Å². The maximum atomic E-state index is 11.6. The number of fused-ring (bicyclic) bond motifs is 2. The van der Waals surface area contributed by atoms with Crippen LogP contribution >= 0.6 is 11.8 Å². The Morgan fingerprint density at radius 2 is 1.40 bits per heavy atom. The number of rotatable bonds is 2. The third-order valence-electron chi connectivity index (χ3n) is 2.85. The normalized spacial score (nSPS) is 36.7. The van der Waals surface area contributed by atoms with Crippen molar-refractivity contribution in [2.45, 2.75) is 10.5 Å². The van der Waals surface area contributed by atoms with E-state index in [0.29, 0.717) is 0 Å². The zero-order chi connectivity index (χ0) is 11.0. The van der Waals surface area contributed by atoms with E-state index in [4.69, 9.17) is 9.47 Å². The Morgan fingerprint density at radius 1 is 1.00 bits per heavy atom. The Morgan fingerprint density at radius 3 is 1.73 bits per heavy atom. The van der Waals surface area contributed by atoms with Crippen molar-refractivity contribution >= 4 is 23.7 Å². The molecule has 5 heteroatoms. The van der Waals surface area contributed by atoms with Gasteiger partial charge in [0.05, 0.1) is 26.1 Å². The van der Waals surface area contributed by atoms with Crippen LogP contribution in [0.3, 0.4) is 0 Å². The lowest BCUT2D eigenvalue weighted by Crippen LogP contribution is -2.37. The van der Waals surface area contributed by atoms with Gasteiger partial charge in [0.1, 0.15) is 0 Å². The van der Waals surface area contributed by atoms with E-state index in [2.05, 4.69) is 0 Å². The highest BCUT2D eigenvalue weighted by atomic mass is 32.2. The van der Waals surface area contributed by atoms with Gasteiger partial charge in [0.2, 0.25) is 0 Å². The topological polar surface area (TPSA) is 52.6 Å². The summed E-state index contributed by atoms with van der Waals surface area (Å²) in [6.45, 7) is 0. The van der Waals surface area contributed by atoms with Crippen molar-refractivity contribution in [1.29, 1.82) is 0 Å². The molecule has 1 saturated heterocycles. The maximum Gasteiger partial charge on any atom is 0.311 e. The first-order chi connectivity index (χ1) is 7.19. The maximum absolute atomic E-state index is 11.6. The average molecular weight is 228 g/mol. The molecule has 15 heavy (non-hydrogen) atoms. The molecule has 0 aliphatic carbocycles. The summed E-state index contributed by atoms with van der Waals surface area (Å²) in [5.41, 5.74) is 0. The molecule has 4 nitrogen and oxygen atoms in total. The molecule has 0 spiro atoms. The largest absolute Gasteiger partial charge is 0.469 e. The van der Waals surface area contributed by atoms with Crippen LogP contribution in [0.1, 0.15) is 0 Å². The number of esters is 2. The molecule has 0 amide bonds. The molecule has 82 valence electrons. The van der Waals surface area contributed by atoms with Crippen LogP contribution in [0.5, 0.6) is 0 Å². The number of carbonyl (C=O) groups is 2. The molecule has 2 bridgehead atoms. The van der Waals surface area contributed by atoms with Gasteiger partial charge >= 0.3 is 11.9 Å². The molecular weight excluding hydrogens is 216 g/mol. The molecular formula is C10H12O4S. The standard InChI is InChI=1S/C10H12O4S/c1-13-9(11)7-5-3-4-6(15-5)8(7)10(12)14-2/h3-8H,1-2H3/t5-,6+,7?,8?. The van der Waals surface area contributed by atoms with E-state index in [1.807, 2.05) is 12.2 Å². The molecule has 2 rings (SSSR count). The Bertz CT molecular complexity index is 295. The Hall–Kier alpha value is -0.970. The fraction of sp³-hybridized carbons (Fsp3) is 0.600. The molecule has 1 fully saturated rings. The van der Waals surface area contributed by atoms with Crippen LogP contribution in [0.25, 0.3) is 0 Å². The molecule has 0 radical (unpaired) electrons. The van der Waals surface area contributed by atoms with Crippen LogP contribution < -0.4 is 0 Å². The molecule has 2 heterocycles. The Balaban J connectivity index is 2.24. The van der Waals surface area contributed by atoms with Crippen LogP contribution in [0, 0.1) is 11.8 Å². The van der Waals surface area contributed by atoms with Gasteiger partial charge in [-0.3, -0.25) is 9.59 Å². The van der Waals surface area contributed by atoms with E-state index in [9.17, 15) is 9.59 Å². The predicted octanol–water partition coefficient (Wildman–Crippen LogP) is 0.619. The summed E-state index contributed by atoms with van der Waals surface area (Å²) >= 11 is 1.62. The van der Waals surface area contributed by atoms with Crippen molar-refractivity contribution in [2.75, 3.05) is 14.2 Å². The molecule has 0 aromatic carbocycles. The summed E-state index contributed by atoms with van der Waals surface area (Å²) in [5.74, 6) is -1.42. The lowest BCUT2D eigenvalue weighted by molar-refractivity contribution is -0.156. The van der Waals surface area contributed by atoms with Crippen LogP contribution in [0.2, 0.25) is 0 Å². The summed E-state index contributed by atoms with van der Waals surface area (Å²) in [7, 11) is 2.69.